The van der Waals surface area contributed by atoms with Gasteiger partial charge in [0, 0.05) is 0 Å². The number of hydrogen-bond acceptors (Lipinski definition) is 2. The van der Waals surface area contributed by atoms with Gasteiger partial charge in [-0.15, -0.1) is 37.2 Å². The molecule has 0 spiro atoms. The molecular weight excluding hydrogens is 318 g/mol. The Morgan fingerprint density at radius 2 is 1.82 bits per heavy atom. The maximum Gasteiger partial charge on any atom is -0.147 e. The Kier molecular flexibility index (Phi) is 10.5. The Hall–Kier alpha value is 0.534. The first-order chi connectivity index (χ1) is 6.33. The molecule has 0 N–H and O–H groups in total. The van der Waals surface area contributed by atoms with Crippen LogP contribution in [0.1, 0.15) is 6.42 Å². The van der Waals surface area contributed by atoms with Gasteiger partial charge in [0.15, 0.2) is 0 Å². The molecule has 1 rings (SSSR count). The van der Waals surface area contributed by atoms with E-state index >= 15 is 0 Å². The first-order valence-electron chi connectivity index (χ1n) is 4.99. The van der Waals surface area contributed by atoms with Crippen LogP contribution in [0.25, 0.3) is 0 Å². The Labute approximate surface area is 123 Å². The molecule has 0 bridgehead atoms. The van der Waals surface area contributed by atoms with Gasteiger partial charge in [-0.1, -0.05) is 0 Å². The van der Waals surface area contributed by atoms with Gasteiger partial charge in [-0.25, -0.2) is 0 Å². The van der Waals surface area contributed by atoms with Crippen molar-refractivity contribution in [3.05, 3.63) is 22.1 Å². The van der Waals surface area contributed by atoms with Crippen LogP contribution >= 0.6 is 37.2 Å². The molecule has 0 radical (unpaired) electrons. The number of rotatable bonds is 3. The smallest absolute Gasteiger partial charge is 0.147 e. The van der Waals surface area contributed by atoms with Gasteiger partial charge in [-0.2, -0.15) is 0 Å². The predicted octanol–water partition coefficient (Wildman–Crippen LogP) is 4.52. The van der Waals surface area contributed by atoms with E-state index in [0.717, 1.165) is 6.42 Å². The monoisotopic (exact) mass is 339 g/mol. The fourth-order valence-corrected chi connectivity index (χ4v) is 6.46. The van der Waals surface area contributed by atoms with E-state index in [4.69, 9.17) is 4.74 Å². The van der Waals surface area contributed by atoms with Gasteiger partial charge in [-0.3, -0.25) is 0 Å². The summed E-state index contributed by atoms with van der Waals surface area (Å²) in [6.45, 7) is 0. The van der Waals surface area contributed by atoms with Crippen LogP contribution in [0.15, 0.2) is 22.1 Å². The fraction of sp³-hybridized carbons (Fsp3) is 0.545. The van der Waals surface area contributed by atoms with E-state index in [1.165, 1.54) is 11.0 Å². The number of esters is 1. The van der Waals surface area contributed by atoms with Crippen molar-refractivity contribution in [1.82, 2.24) is 0 Å². The minimum Gasteiger partial charge on any atom is -0.147 e. The number of ether oxygens (including phenoxy) is 1. The summed E-state index contributed by atoms with van der Waals surface area (Å²) in [5, 5.41) is 6.85. The van der Waals surface area contributed by atoms with Crippen molar-refractivity contribution in [3.8, 4) is 0 Å². The topological polar surface area (TPSA) is 26.3 Å². The van der Waals surface area contributed by atoms with Gasteiger partial charge in [0.2, 0.25) is 0 Å². The fourth-order valence-electron chi connectivity index (χ4n) is 1.83. The van der Waals surface area contributed by atoms with Crippen LogP contribution in [0, 0.1) is 0 Å². The van der Waals surface area contributed by atoms with Crippen LogP contribution in [0.5, 0.6) is 0 Å². The van der Waals surface area contributed by atoms with E-state index < -0.39 is 15.3 Å². The van der Waals surface area contributed by atoms with Crippen molar-refractivity contribution >= 4 is 43.2 Å². The van der Waals surface area contributed by atoms with E-state index in [2.05, 4.69) is 33.9 Å². The molecule has 0 aromatic rings. The zero-order valence-electron chi connectivity index (χ0n) is 10.7. The minimum absolute atomic E-state index is 0. The van der Waals surface area contributed by atoms with E-state index in [1.54, 1.807) is 0 Å². The zero-order valence-corrected chi connectivity index (χ0v) is 14.7. The average Bonchev–Trinajstić information content (AvgIpc) is 2.54. The van der Waals surface area contributed by atoms with Gasteiger partial charge in [-0.05, 0) is 0 Å². The summed E-state index contributed by atoms with van der Waals surface area (Å²) < 4.78 is 6.86. The molecule has 6 heteroatoms. The Bertz CT molecular complexity index is 316. The summed E-state index contributed by atoms with van der Waals surface area (Å²) in [6, 6.07) is 0. The molecule has 0 aromatic heterocycles. The largest absolute Gasteiger partial charge is 0.147 e. The van der Waals surface area contributed by atoms with Gasteiger partial charge in [0.1, 0.15) is 0 Å². The van der Waals surface area contributed by atoms with E-state index in [9.17, 15) is 4.79 Å². The molecule has 103 valence electrons. The Balaban J connectivity index is -0.000000653. The Morgan fingerprint density at radius 1 is 1.29 bits per heavy atom. The van der Waals surface area contributed by atoms with Crippen molar-refractivity contribution in [2.45, 2.75) is 26.8 Å². The maximum absolute atomic E-state index is 11.4. The molecule has 0 saturated heterocycles. The number of carbonyl (C=O) groups excluding carboxylic acids is 1. The number of allylic oxidation sites excluding steroid dienone is 4. The van der Waals surface area contributed by atoms with E-state index in [1.807, 2.05) is 0 Å². The number of hydrogen-bond donors (Lipinski definition) is 0. The zero-order chi connectivity index (χ0) is 10.8. The number of carbonyl (C=O) groups is 1. The molecule has 2 nitrogen and oxygen atoms in total. The molecule has 0 saturated carbocycles. The molecule has 0 atom stereocenters. The van der Waals surface area contributed by atoms with Crippen LogP contribution in [0.2, 0.25) is 20.4 Å². The van der Waals surface area contributed by atoms with Crippen molar-refractivity contribution in [2.75, 3.05) is 7.11 Å². The van der Waals surface area contributed by atoms with Crippen LogP contribution in [-0.2, 0) is 24.8 Å². The first kappa shape index (κ1) is 22.7. The number of halogens is 3. The second-order valence-electron chi connectivity index (χ2n) is 5.56. The first-order valence-corrected chi connectivity index (χ1v) is 11.6. The quantitative estimate of drug-likeness (QED) is 0.558. The van der Waals surface area contributed by atoms with Crippen LogP contribution in [-0.4, -0.2) is 13.1 Å². The minimum atomic E-state index is -2.70. The standard InChI is InChI=1S/C5H5.C3H5O2.3CH3.3ClH.Ti/c1-2-4-5-3-1;1-3(4)5-2;;;;;;;/h1-3H,4H2;1H2,2H3;3*1H3;3*1H;. The molecule has 17 heavy (non-hydrogen) atoms. The molecule has 0 aliphatic heterocycles. The molecule has 1 aliphatic rings. The molecule has 0 fully saturated rings. The van der Waals surface area contributed by atoms with Gasteiger partial charge < -0.3 is 0 Å². The summed E-state index contributed by atoms with van der Waals surface area (Å²) in [5.74, 6) is -0.0673. The summed E-state index contributed by atoms with van der Waals surface area (Å²) in [4.78, 5) is 11.4. The Morgan fingerprint density at radius 3 is 2.18 bits per heavy atom. The second kappa shape index (κ2) is 7.86. The number of methoxy groups -OCH3 is 1. The molecule has 1 aliphatic carbocycles. The van der Waals surface area contributed by atoms with Crippen molar-refractivity contribution in [2.24, 2.45) is 0 Å². The third kappa shape index (κ3) is 6.31. The van der Waals surface area contributed by atoms with Crippen LogP contribution in [0.3, 0.4) is 0 Å². The molecule has 0 aromatic carbocycles. The van der Waals surface area contributed by atoms with Gasteiger partial charge in [0.25, 0.3) is 0 Å². The van der Waals surface area contributed by atoms with Gasteiger partial charge in [0.05, 0.1) is 0 Å². The normalized spacial score (nSPS) is 15.3. The maximum atomic E-state index is 11.4. The summed E-state index contributed by atoms with van der Waals surface area (Å²) in [6.07, 6.45) is 7.45. The molecule has 0 unspecified atom stereocenters. The SMILES string of the molecule is COC(=O)[CH2][Ti]([CH3])([CH3])([CH3])[C]1=CC=CC1.Cl.Cl.Cl. The third-order valence-electron chi connectivity index (χ3n) is 2.95. The third-order valence-corrected chi connectivity index (χ3v) is 9.63. The van der Waals surface area contributed by atoms with E-state index in [-0.39, 0.29) is 43.2 Å². The summed E-state index contributed by atoms with van der Waals surface area (Å²) in [7, 11) is 1.46. The van der Waals surface area contributed by atoms with E-state index in [0.29, 0.717) is 4.73 Å². The summed E-state index contributed by atoms with van der Waals surface area (Å²) in [5.41, 5.74) is 0. The van der Waals surface area contributed by atoms with Crippen molar-refractivity contribution in [1.29, 1.82) is 0 Å². The molecule has 0 heterocycles. The van der Waals surface area contributed by atoms with Gasteiger partial charge >= 0.3 is 86.9 Å². The predicted molar refractivity (Wildman–Crippen MR) is 78.0 cm³/mol. The molecular formula is C11H22Cl3O2Ti. The van der Waals surface area contributed by atoms with Crippen LogP contribution in [0.4, 0.5) is 0 Å². The van der Waals surface area contributed by atoms with Crippen molar-refractivity contribution < 1.29 is 24.8 Å². The van der Waals surface area contributed by atoms with Crippen LogP contribution < -0.4 is 0 Å². The summed E-state index contributed by atoms with van der Waals surface area (Å²) >= 11 is -2.70. The second-order valence-corrected chi connectivity index (χ2v) is 18.0. The average molecular weight is 341 g/mol. The van der Waals surface area contributed by atoms with Crippen molar-refractivity contribution in [3.63, 3.8) is 0 Å². The molecule has 0 amide bonds.